The number of hydrogen-bond donors (Lipinski definition) is 0. The summed E-state index contributed by atoms with van der Waals surface area (Å²) in [6, 6.07) is 19.6. The maximum Gasteiger partial charge on any atom is 0.343 e. The summed E-state index contributed by atoms with van der Waals surface area (Å²) in [5.74, 6) is 0.408. The third-order valence-electron chi connectivity index (χ3n) is 5.23. The normalized spacial score (nSPS) is 14.3. The van der Waals surface area contributed by atoms with Gasteiger partial charge in [-0.1, -0.05) is 35.9 Å². The van der Waals surface area contributed by atoms with Gasteiger partial charge < -0.3 is 14.2 Å². The Labute approximate surface area is 226 Å². The predicted molar refractivity (Wildman–Crippen MR) is 146 cm³/mol. The quantitative estimate of drug-likeness (QED) is 0.134. The number of halogens is 1. The molecule has 0 unspecified atom stereocenters. The van der Waals surface area contributed by atoms with Gasteiger partial charge in [0.05, 0.1) is 27.7 Å². The number of rotatable bonds is 8. The number of thioether (sulfide) groups is 1. The molecule has 0 N–H and O–H groups in total. The molecule has 0 radical (unpaired) electrons. The summed E-state index contributed by atoms with van der Waals surface area (Å²) < 4.78 is 17.3. The highest BCUT2D eigenvalue weighted by atomic mass is 127. The van der Waals surface area contributed by atoms with E-state index in [1.807, 2.05) is 59.8 Å². The van der Waals surface area contributed by atoms with Gasteiger partial charge in [-0.3, -0.25) is 14.5 Å². The van der Waals surface area contributed by atoms with E-state index in [0.29, 0.717) is 31.1 Å². The van der Waals surface area contributed by atoms with Gasteiger partial charge in [-0.2, -0.15) is 0 Å². The minimum absolute atomic E-state index is 0.144. The SMILES string of the molecule is COc1cc(/C=C2\SC(=O)N(CCOc3ccc(C)cc3)C2=O)cc(I)c1OC(=O)c1ccccc1. The third-order valence-corrected chi connectivity index (χ3v) is 6.94. The number of carbonyl (C=O) groups is 3. The van der Waals surface area contributed by atoms with Crippen LogP contribution in [-0.4, -0.2) is 42.3 Å². The monoisotopic (exact) mass is 615 g/mol. The molecule has 9 heteroatoms. The zero-order chi connectivity index (χ0) is 25.7. The van der Waals surface area contributed by atoms with Gasteiger partial charge in [0.25, 0.3) is 11.1 Å². The second-order valence-electron chi connectivity index (χ2n) is 7.78. The van der Waals surface area contributed by atoms with E-state index in [2.05, 4.69) is 0 Å². The van der Waals surface area contributed by atoms with Crippen LogP contribution in [0.5, 0.6) is 17.2 Å². The first kappa shape index (κ1) is 25.8. The molecule has 0 saturated carbocycles. The smallest absolute Gasteiger partial charge is 0.343 e. The summed E-state index contributed by atoms with van der Waals surface area (Å²) in [6.07, 6.45) is 1.62. The molecule has 1 saturated heterocycles. The Morgan fingerprint density at radius 2 is 1.78 bits per heavy atom. The molecule has 3 aromatic rings. The highest BCUT2D eigenvalue weighted by Gasteiger charge is 2.35. The lowest BCUT2D eigenvalue weighted by molar-refractivity contribution is -0.123. The van der Waals surface area contributed by atoms with Crippen LogP contribution < -0.4 is 14.2 Å². The van der Waals surface area contributed by atoms with E-state index in [9.17, 15) is 14.4 Å². The van der Waals surface area contributed by atoms with Crippen LogP contribution in [0.3, 0.4) is 0 Å². The molecule has 1 aliphatic heterocycles. The van der Waals surface area contributed by atoms with Crippen LogP contribution >= 0.6 is 34.4 Å². The van der Waals surface area contributed by atoms with E-state index >= 15 is 0 Å². The molecule has 3 aromatic carbocycles. The van der Waals surface area contributed by atoms with Crippen molar-refractivity contribution >= 4 is 57.5 Å². The number of hydrogen-bond acceptors (Lipinski definition) is 7. The van der Waals surface area contributed by atoms with Gasteiger partial charge >= 0.3 is 5.97 Å². The van der Waals surface area contributed by atoms with Crippen molar-refractivity contribution in [2.24, 2.45) is 0 Å². The molecule has 1 fully saturated rings. The van der Waals surface area contributed by atoms with Crippen molar-refractivity contribution in [1.82, 2.24) is 4.90 Å². The molecular formula is C27H22INO6S. The number of aryl methyl sites for hydroxylation is 1. The average Bonchev–Trinajstić information content (AvgIpc) is 3.14. The van der Waals surface area contributed by atoms with E-state index in [4.69, 9.17) is 14.2 Å². The van der Waals surface area contributed by atoms with E-state index in [1.165, 1.54) is 12.0 Å². The standard InChI is InChI=1S/C27H22INO6S/c1-17-8-10-20(11-9-17)34-13-12-29-25(30)23(36-27(29)32)16-18-14-21(28)24(22(15-18)33-2)35-26(31)19-6-4-3-5-7-19/h3-11,14-16H,12-13H2,1-2H3/b23-16-. The molecule has 4 rings (SSSR count). The number of nitrogens with zero attached hydrogens (tertiary/aromatic N) is 1. The lowest BCUT2D eigenvalue weighted by Crippen LogP contribution is -2.32. The number of ether oxygens (including phenoxy) is 3. The molecule has 0 spiro atoms. The second kappa shape index (κ2) is 11.6. The summed E-state index contributed by atoms with van der Waals surface area (Å²) in [5.41, 5.74) is 2.17. The van der Waals surface area contributed by atoms with Crippen LogP contribution in [0.4, 0.5) is 4.79 Å². The number of imide groups is 1. The maximum atomic E-state index is 12.9. The van der Waals surface area contributed by atoms with Gasteiger partial charge in [-0.25, -0.2) is 4.79 Å². The zero-order valence-corrected chi connectivity index (χ0v) is 22.5. The molecule has 1 heterocycles. The Bertz CT molecular complexity index is 1320. The summed E-state index contributed by atoms with van der Waals surface area (Å²) in [6.45, 7) is 2.32. The van der Waals surface area contributed by atoms with E-state index in [0.717, 1.165) is 17.3 Å². The van der Waals surface area contributed by atoms with Crippen molar-refractivity contribution in [2.75, 3.05) is 20.3 Å². The Hall–Kier alpha value is -3.31. The maximum absolute atomic E-state index is 12.9. The molecule has 0 bridgehead atoms. The summed E-state index contributed by atoms with van der Waals surface area (Å²) in [5, 5.41) is -0.353. The van der Waals surface area contributed by atoms with E-state index in [1.54, 1.807) is 42.5 Å². The summed E-state index contributed by atoms with van der Waals surface area (Å²) in [7, 11) is 1.47. The first-order valence-corrected chi connectivity index (χ1v) is 12.8. The van der Waals surface area contributed by atoms with Crippen molar-refractivity contribution in [3.63, 3.8) is 0 Å². The average molecular weight is 615 g/mol. The molecular weight excluding hydrogens is 593 g/mol. The number of carbonyl (C=O) groups excluding carboxylic acids is 3. The first-order chi connectivity index (χ1) is 17.4. The lowest BCUT2D eigenvalue weighted by Gasteiger charge is -2.13. The molecule has 184 valence electrons. The molecule has 0 aliphatic carbocycles. The highest BCUT2D eigenvalue weighted by Crippen LogP contribution is 2.37. The number of esters is 1. The highest BCUT2D eigenvalue weighted by molar-refractivity contribution is 14.1. The predicted octanol–water partition coefficient (Wildman–Crippen LogP) is 5.94. The van der Waals surface area contributed by atoms with Crippen LogP contribution in [0.25, 0.3) is 6.08 Å². The van der Waals surface area contributed by atoms with Crippen LogP contribution in [0.2, 0.25) is 0 Å². The van der Waals surface area contributed by atoms with Crippen molar-refractivity contribution in [3.8, 4) is 17.2 Å². The molecule has 2 amide bonds. The van der Waals surface area contributed by atoms with Crippen molar-refractivity contribution in [1.29, 1.82) is 0 Å². The van der Waals surface area contributed by atoms with Crippen molar-refractivity contribution < 1.29 is 28.6 Å². The van der Waals surface area contributed by atoms with Gasteiger partial charge in [0.2, 0.25) is 0 Å². The Balaban J connectivity index is 1.46. The van der Waals surface area contributed by atoms with Crippen LogP contribution in [-0.2, 0) is 4.79 Å². The molecule has 1 aliphatic rings. The zero-order valence-electron chi connectivity index (χ0n) is 19.5. The number of methoxy groups -OCH3 is 1. The van der Waals surface area contributed by atoms with Gasteiger partial charge in [-0.15, -0.1) is 0 Å². The molecule has 7 nitrogen and oxygen atoms in total. The largest absolute Gasteiger partial charge is 0.493 e. The molecule has 0 atom stereocenters. The summed E-state index contributed by atoms with van der Waals surface area (Å²) in [4.78, 5) is 39.3. The van der Waals surface area contributed by atoms with Gasteiger partial charge in [0.15, 0.2) is 11.5 Å². The Kier molecular flexibility index (Phi) is 8.32. The van der Waals surface area contributed by atoms with Crippen LogP contribution in [0, 0.1) is 10.5 Å². The van der Waals surface area contributed by atoms with E-state index < -0.39 is 5.97 Å². The van der Waals surface area contributed by atoms with Crippen LogP contribution in [0.15, 0.2) is 71.6 Å². The minimum atomic E-state index is -0.506. The van der Waals surface area contributed by atoms with E-state index in [-0.39, 0.29) is 30.0 Å². The lowest BCUT2D eigenvalue weighted by atomic mass is 10.1. The third kappa shape index (κ3) is 6.08. The first-order valence-electron chi connectivity index (χ1n) is 11.0. The van der Waals surface area contributed by atoms with Crippen molar-refractivity contribution in [3.05, 3.63) is 91.9 Å². The fourth-order valence-electron chi connectivity index (χ4n) is 3.38. The fraction of sp³-hybridized carbons (Fsp3) is 0.148. The summed E-state index contributed by atoms with van der Waals surface area (Å²) >= 11 is 2.91. The van der Waals surface area contributed by atoms with Crippen molar-refractivity contribution in [2.45, 2.75) is 6.92 Å². The number of benzene rings is 3. The fourth-order valence-corrected chi connectivity index (χ4v) is 4.98. The Morgan fingerprint density at radius 3 is 2.47 bits per heavy atom. The molecule has 0 aromatic heterocycles. The minimum Gasteiger partial charge on any atom is -0.493 e. The number of amides is 2. The second-order valence-corrected chi connectivity index (χ2v) is 9.94. The van der Waals surface area contributed by atoms with Crippen LogP contribution in [0.1, 0.15) is 21.5 Å². The van der Waals surface area contributed by atoms with Gasteiger partial charge in [-0.05, 0) is 89.3 Å². The van der Waals surface area contributed by atoms with Gasteiger partial charge in [0, 0.05) is 0 Å². The van der Waals surface area contributed by atoms with Gasteiger partial charge in [0.1, 0.15) is 12.4 Å². The Morgan fingerprint density at radius 1 is 1.06 bits per heavy atom. The topological polar surface area (TPSA) is 82.1 Å². The molecule has 36 heavy (non-hydrogen) atoms.